The molecule has 1 unspecified atom stereocenters. The SMILES string of the molecule is CC(C)N(CCCCc1nc2c(C(F)(F)F)cccc2[nH]1)C[C@H]1OC(n2cnc3c(N)ncnc32)[C@H](O)[C@@H]1O. The summed E-state index contributed by atoms with van der Waals surface area (Å²) in [5, 5.41) is 21.5. The summed E-state index contributed by atoms with van der Waals surface area (Å²) in [7, 11) is 0. The number of aliphatic hydroxyl groups is 2. The minimum absolute atomic E-state index is 0.0656. The maximum atomic E-state index is 13.3. The van der Waals surface area contributed by atoms with Crippen molar-refractivity contribution in [2.75, 3.05) is 18.8 Å². The second kappa shape index (κ2) is 10.7. The fourth-order valence-corrected chi connectivity index (χ4v) is 5.00. The Morgan fingerprint density at radius 2 is 1.92 bits per heavy atom. The van der Waals surface area contributed by atoms with Gasteiger partial charge in [-0.3, -0.25) is 9.47 Å². The van der Waals surface area contributed by atoms with Crippen LogP contribution in [0.15, 0.2) is 30.9 Å². The number of rotatable bonds is 9. The summed E-state index contributed by atoms with van der Waals surface area (Å²) in [6, 6.07) is 4.11. The normalized spacial score (nSPS) is 22.2. The van der Waals surface area contributed by atoms with E-state index < -0.39 is 36.3 Å². The molecule has 1 aliphatic heterocycles. The van der Waals surface area contributed by atoms with E-state index in [-0.39, 0.29) is 17.4 Å². The monoisotopic (exact) mass is 548 g/mol. The zero-order valence-corrected chi connectivity index (χ0v) is 21.5. The van der Waals surface area contributed by atoms with Crippen molar-refractivity contribution >= 4 is 28.0 Å². The number of unbranched alkanes of at least 4 members (excludes halogenated alkanes) is 1. The van der Waals surface area contributed by atoms with E-state index >= 15 is 0 Å². The van der Waals surface area contributed by atoms with Crippen molar-refractivity contribution in [2.24, 2.45) is 0 Å². The number of alkyl halides is 3. The van der Waals surface area contributed by atoms with Crippen molar-refractivity contribution in [3.8, 4) is 0 Å². The summed E-state index contributed by atoms with van der Waals surface area (Å²) in [5.74, 6) is 0.716. The molecule has 4 heterocycles. The quantitative estimate of drug-likeness (QED) is 0.231. The van der Waals surface area contributed by atoms with Gasteiger partial charge in [0.15, 0.2) is 17.7 Å². The number of ether oxygens (including phenoxy) is 1. The molecule has 39 heavy (non-hydrogen) atoms. The van der Waals surface area contributed by atoms with Crippen LogP contribution in [-0.4, -0.2) is 82.0 Å². The van der Waals surface area contributed by atoms with Crippen molar-refractivity contribution < 1.29 is 28.1 Å². The van der Waals surface area contributed by atoms with Crippen LogP contribution in [0.25, 0.3) is 22.2 Å². The summed E-state index contributed by atoms with van der Waals surface area (Å²) in [6.45, 7) is 5.08. The third kappa shape index (κ3) is 5.41. The fraction of sp³-hybridized carbons (Fsp3) is 0.520. The van der Waals surface area contributed by atoms with Gasteiger partial charge in [0.2, 0.25) is 0 Å². The largest absolute Gasteiger partial charge is 0.418 e. The highest BCUT2D eigenvalue weighted by Gasteiger charge is 2.45. The Morgan fingerprint density at radius 3 is 2.67 bits per heavy atom. The van der Waals surface area contributed by atoms with Gasteiger partial charge in [-0.15, -0.1) is 0 Å². The number of nitrogens with two attached hydrogens (primary N) is 1. The number of nitrogen functional groups attached to an aromatic ring is 1. The van der Waals surface area contributed by atoms with Crippen LogP contribution in [0.1, 0.15) is 44.3 Å². The Kier molecular flexibility index (Phi) is 7.46. The van der Waals surface area contributed by atoms with Gasteiger partial charge in [-0.25, -0.2) is 19.9 Å². The number of benzene rings is 1. The molecular formula is C25H31F3N8O3. The molecule has 5 rings (SSSR count). The lowest BCUT2D eigenvalue weighted by Gasteiger charge is -2.30. The average molecular weight is 549 g/mol. The Balaban J connectivity index is 1.19. The number of H-pyrrole nitrogens is 1. The molecule has 0 amide bonds. The van der Waals surface area contributed by atoms with E-state index in [1.54, 1.807) is 10.6 Å². The molecule has 3 aromatic heterocycles. The van der Waals surface area contributed by atoms with Gasteiger partial charge >= 0.3 is 6.18 Å². The van der Waals surface area contributed by atoms with Gasteiger partial charge in [0.05, 0.1) is 17.4 Å². The van der Waals surface area contributed by atoms with Crippen molar-refractivity contribution in [3.05, 3.63) is 42.2 Å². The molecule has 1 aromatic carbocycles. The number of fused-ring (bicyclic) bond motifs is 2. The van der Waals surface area contributed by atoms with Crippen molar-refractivity contribution in [3.63, 3.8) is 0 Å². The van der Waals surface area contributed by atoms with Crippen LogP contribution >= 0.6 is 0 Å². The number of hydrogen-bond acceptors (Lipinski definition) is 9. The molecule has 11 nitrogen and oxygen atoms in total. The summed E-state index contributed by atoms with van der Waals surface area (Å²) in [5.41, 5.74) is 6.19. The average Bonchev–Trinajstić information content (AvgIpc) is 3.57. The predicted molar refractivity (Wildman–Crippen MR) is 136 cm³/mol. The molecule has 5 N–H and O–H groups in total. The smallest absolute Gasteiger partial charge is 0.387 e. The molecule has 4 aromatic rings. The highest BCUT2D eigenvalue weighted by atomic mass is 19.4. The number of nitrogens with zero attached hydrogens (tertiary/aromatic N) is 6. The molecule has 0 saturated carbocycles. The summed E-state index contributed by atoms with van der Waals surface area (Å²) >= 11 is 0. The molecule has 14 heteroatoms. The van der Waals surface area contributed by atoms with E-state index in [4.69, 9.17) is 10.5 Å². The van der Waals surface area contributed by atoms with Crippen LogP contribution in [0.2, 0.25) is 0 Å². The Morgan fingerprint density at radius 1 is 1.13 bits per heavy atom. The molecule has 1 aliphatic rings. The molecule has 0 spiro atoms. The minimum Gasteiger partial charge on any atom is -0.387 e. The maximum absolute atomic E-state index is 13.3. The van der Waals surface area contributed by atoms with E-state index in [9.17, 15) is 23.4 Å². The first-order valence-electron chi connectivity index (χ1n) is 12.8. The summed E-state index contributed by atoms with van der Waals surface area (Å²) in [6.07, 6.45) is -3.66. The molecule has 1 fully saturated rings. The fourth-order valence-electron chi connectivity index (χ4n) is 5.00. The molecule has 4 atom stereocenters. The highest BCUT2D eigenvalue weighted by Crippen LogP contribution is 2.34. The first-order chi connectivity index (χ1) is 18.5. The molecule has 0 aliphatic carbocycles. The van der Waals surface area contributed by atoms with Gasteiger partial charge in [0.25, 0.3) is 0 Å². The second-order valence-corrected chi connectivity index (χ2v) is 10.1. The topological polar surface area (TPSA) is 151 Å². The zero-order chi connectivity index (χ0) is 27.9. The van der Waals surface area contributed by atoms with Crippen LogP contribution in [0.5, 0.6) is 0 Å². The minimum atomic E-state index is -4.46. The van der Waals surface area contributed by atoms with Crippen LogP contribution in [0.4, 0.5) is 19.0 Å². The summed E-state index contributed by atoms with van der Waals surface area (Å²) in [4.78, 5) is 21.6. The third-order valence-electron chi connectivity index (χ3n) is 7.12. The van der Waals surface area contributed by atoms with Gasteiger partial charge < -0.3 is 25.7 Å². The van der Waals surface area contributed by atoms with Crippen molar-refractivity contribution in [1.29, 1.82) is 0 Å². The number of aliphatic hydroxyl groups excluding tert-OH is 2. The van der Waals surface area contributed by atoms with Gasteiger partial charge in [-0.2, -0.15) is 13.2 Å². The highest BCUT2D eigenvalue weighted by molar-refractivity contribution is 5.81. The third-order valence-corrected chi connectivity index (χ3v) is 7.12. The molecule has 1 saturated heterocycles. The first-order valence-corrected chi connectivity index (χ1v) is 12.8. The number of aromatic amines is 1. The number of halogens is 3. The number of para-hydroxylation sites is 1. The second-order valence-electron chi connectivity index (χ2n) is 10.1. The standard InChI is InChI=1S/C25H31F3N8O3/c1-13(2)35(9-4-3-8-17-33-15-7-5-6-14(18(15)34-17)25(26,27)28)10-16-20(37)21(38)24(39-16)36-12-32-19-22(29)30-11-31-23(19)36/h5-7,11-13,16,20-21,24,37-38H,3-4,8-10H2,1-2H3,(H,33,34)(H2,29,30,31)/t16-,20-,21-,24?/m1/s1. The van der Waals surface area contributed by atoms with E-state index in [2.05, 4.69) is 29.8 Å². The summed E-state index contributed by atoms with van der Waals surface area (Å²) < 4.78 is 47.5. The maximum Gasteiger partial charge on any atom is 0.418 e. The van der Waals surface area contributed by atoms with Gasteiger partial charge in [0, 0.05) is 19.0 Å². The lowest BCUT2D eigenvalue weighted by Crippen LogP contribution is -2.43. The van der Waals surface area contributed by atoms with E-state index in [0.29, 0.717) is 48.4 Å². The number of aryl methyl sites for hydroxylation is 1. The van der Waals surface area contributed by atoms with Gasteiger partial charge in [0.1, 0.15) is 41.5 Å². The van der Waals surface area contributed by atoms with Gasteiger partial charge in [-0.05, 0) is 45.4 Å². The number of nitrogens with one attached hydrogen (secondary N) is 1. The number of anilines is 1. The van der Waals surface area contributed by atoms with E-state index in [1.807, 2.05) is 13.8 Å². The van der Waals surface area contributed by atoms with Crippen LogP contribution < -0.4 is 5.73 Å². The molecule has 0 bridgehead atoms. The number of hydrogen-bond donors (Lipinski definition) is 4. The number of aromatic nitrogens is 6. The Hall–Kier alpha value is -3.33. The van der Waals surface area contributed by atoms with Crippen LogP contribution in [-0.2, 0) is 17.3 Å². The first kappa shape index (κ1) is 27.2. The van der Waals surface area contributed by atoms with Crippen molar-refractivity contribution in [2.45, 2.75) is 69.9 Å². The molecular weight excluding hydrogens is 517 g/mol. The number of imidazole rings is 2. The Bertz CT molecular complexity index is 1440. The zero-order valence-electron chi connectivity index (χ0n) is 21.5. The Labute approximate surface area is 221 Å². The molecule has 210 valence electrons. The predicted octanol–water partition coefficient (Wildman–Crippen LogP) is 2.66. The van der Waals surface area contributed by atoms with E-state index in [1.165, 1.54) is 18.7 Å². The van der Waals surface area contributed by atoms with Gasteiger partial charge in [-0.1, -0.05) is 6.07 Å². The van der Waals surface area contributed by atoms with Crippen LogP contribution in [0, 0.1) is 0 Å². The lowest BCUT2D eigenvalue weighted by atomic mass is 10.1. The van der Waals surface area contributed by atoms with Crippen molar-refractivity contribution in [1.82, 2.24) is 34.4 Å². The lowest BCUT2D eigenvalue weighted by molar-refractivity contribution is -0.136. The molecule has 0 radical (unpaired) electrons. The van der Waals surface area contributed by atoms with E-state index in [0.717, 1.165) is 12.5 Å². The van der Waals surface area contributed by atoms with Crippen LogP contribution in [0.3, 0.4) is 0 Å².